The number of hydrogen-bond donors (Lipinski definition) is 1. The molecule has 0 bridgehead atoms. The molecule has 0 heterocycles. The van der Waals surface area contributed by atoms with Crippen LogP contribution >= 0.6 is 0 Å². The lowest BCUT2D eigenvalue weighted by molar-refractivity contribution is -0.410. The van der Waals surface area contributed by atoms with Crippen LogP contribution in [0.2, 0.25) is 0 Å². The van der Waals surface area contributed by atoms with Crippen molar-refractivity contribution in [1.82, 2.24) is 5.64 Å². The summed E-state index contributed by atoms with van der Waals surface area (Å²) in [7, 11) is 0. The first kappa shape index (κ1) is 14.1. The summed E-state index contributed by atoms with van der Waals surface area (Å²) < 4.78 is 0. The number of nitrogens with one attached hydrogen (secondary N) is 1. The highest BCUT2D eigenvalue weighted by Gasteiger charge is 2.16. The molecule has 0 radical (unpaired) electrons. The lowest BCUT2D eigenvalue weighted by atomic mass is 10.1. The Morgan fingerprint density at radius 1 is 0.900 bits per heavy atom. The van der Waals surface area contributed by atoms with E-state index in [1.807, 2.05) is 0 Å². The van der Waals surface area contributed by atoms with Gasteiger partial charge in [0.05, 0.1) is 11.1 Å². The van der Waals surface area contributed by atoms with Crippen molar-refractivity contribution in [2.45, 2.75) is 12.2 Å². The zero-order valence-corrected chi connectivity index (χ0v) is 10.3. The van der Waals surface area contributed by atoms with Crippen molar-refractivity contribution >= 4 is 11.9 Å². The molecular weight excluding hydrogens is 262 g/mol. The van der Waals surface area contributed by atoms with Crippen molar-refractivity contribution in [2.24, 2.45) is 0 Å². The molecule has 0 saturated carbocycles. The van der Waals surface area contributed by atoms with E-state index in [-0.39, 0.29) is 0 Å². The van der Waals surface area contributed by atoms with Gasteiger partial charge in [0, 0.05) is 0 Å². The van der Waals surface area contributed by atoms with Crippen LogP contribution in [0.1, 0.15) is 0 Å². The Labute approximate surface area is 114 Å². The Bertz CT molecular complexity index is 522. The van der Waals surface area contributed by atoms with Crippen LogP contribution in [0.3, 0.4) is 0 Å². The summed E-state index contributed by atoms with van der Waals surface area (Å²) in [4.78, 5) is 35.9. The zero-order valence-electron chi connectivity index (χ0n) is 10.3. The highest BCUT2D eigenvalue weighted by atomic mass is 17.3. The molecule has 102 valence electrons. The molecule has 1 N–H and O–H groups in total. The lowest BCUT2D eigenvalue weighted by Crippen LogP contribution is -2.27. The van der Waals surface area contributed by atoms with E-state index in [2.05, 4.69) is 10.6 Å². The summed E-state index contributed by atoms with van der Waals surface area (Å²) in [6.07, 6.45) is 11.9. The van der Waals surface area contributed by atoms with Crippen LogP contribution in [0.4, 0.5) is 0 Å². The summed E-state index contributed by atoms with van der Waals surface area (Å²) in [5, 5.41) is 0. The van der Waals surface area contributed by atoms with Gasteiger partial charge in [0.25, 0.3) is 0 Å². The molecule has 0 fully saturated rings. The van der Waals surface area contributed by atoms with Crippen LogP contribution in [0.15, 0.2) is 59.8 Å². The first-order valence-electron chi connectivity index (χ1n) is 5.78. The Morgan fingerprint density at radius 2 is 1.50 bits per heavy atom. The van der Waals surface area contributed by atoms with Gasteiger partial charge in [0.1, 0.15) is 24.1 Å². The van der Waals surface area contributed by atoms with E-state index in [9.17, 15) is 9.59 Å². The molecule has 2 unspecified atom stereocenters. The van der Waals surface area contributed by atoms with E-state index in [1.165, 1.54) is 0 Å². The summed E-state index contributed by atoms with van der Waals surface area (Å²) in [6, 6.07) is 0. The molecule has 6 heteroatoms. The van der Waals surface area contributed by atoms with Crippen LogP contribution in [-0.4, -0.2) is 24.1 Å². The van der Waals surface area contributed by atoms with E-state index in [0.29, 0.717) is 11.1 Å². The average molecular weight is 273 g/mol. The summed E-state index contributed by atoms with van der Waals surface area (Å²) in [6.45, 7) is 0. The highest BCUT2D eigenvalue weighted by Crippen LogP contribution is 2.13. The first-order valence-corrected chi connectivity index (χ1v) is 5.78. The molecule has 2 aliphatic carbocycles. The summed E-state index contributed by atoms with van der Waals surface area (Å²) in [5.41, 5.74) is 2.72. The fourth-order valence-corrected chi connectivity index (χ4v) is 1.56. The fraction of sp³-hybridized carbons (Fsp3) is 0.143. The van der Waals surface area contributed by atoms with Crippen molar-refractivity contribution in [3.05, 3.63) is 59.8 Å². The predicted molar refractivity (Wildman–Crippen MR) is 68.9 cm³/mol. The summed E-state index contributed by atoms with van der Waals surface area (Å²) >= 11 is 0. The van der Waals surface area contributed by atoms with Crippen LogP contribution in [-0.2, 0) is 24.3 Å². The number of carbonyl (C=O) groups excluding carboxylic acids is 2. The van der Waals surface area contributed by atoms with Gasteiger partial charge in [-0.05, 0) is 29.9 Å². The number of rotatable bonds is 5. The fourth-order valence-electron chi connectivity index (χ4n) is 1.56. The maximum absolute atomic E-state index is 10.6. The molecule has 0 saturated heterocycles. The second-order valence-electron chi connectivity index (χ2n) is 3.82. The van der Waals surface area contributed by atoms with Crippen molar-refractivity contribution in [3.8, 4) is 0 Å². The molecule has 0 aromatic heterocycles. The van der Waals surface area contributed by atoms with E-state index in [4.69, 9.17) is 9.73 Å². The topological polar surface area (TPSA) is 73.9 Å². The molecule has 6 nitrogen and oxygen atoms in total. The third-order valence-electron chi connectivity index (χ3n) is 2.56. The van der Waals surface area contributed by atoms with Crippen molar-refractivity contribution in [3.63, 3.8) is 0 Å². The second kappa shape index (κ2) is 7.33. The van der Waals surface area contributed by atoms with E-state index < -0.39 is 12.2 Å². The Kier molecular flexibility index (Phi) is 5.17. The highest BCUT2D eigenvalue weighted by molar-refractivity contribution is 5.62. The number of hydrogen-bond acceptors (Lipinski definition) is 6. The molecule has 2 rings (SSSR count). The molecular formula is C14H11NO5. The van der Waals surface area contributed by atoms with Crippen LogP contribution in [0.25, 0.3) is 0 Å². The SMILES string of the molecule is O=C=C1C=CC=CC1ONOOC1C=CC=CC1=C=O. The largest absolute Gasteiger partial charge is 0.261 e. The van der Waals surface area contributed by atoms with Gasteiger partial charge >= 0.3 is 0 Å². The molecule has 20 heavy (non-hydrogen) atoms. The second-order valence-corrected chi connectivity index (χ2v) is 3.82. The van der Waals surface area contributed by atoms with Gasteiger partial charge in [-0.15, -0.1) is 4.99 Å². The van der Waals surface area contributed by atoms with E-state index >= 15 is 0 Å². The van der Waals surface area contributed by atoms with Gasteiger partial charge in [-0.2, -0.15) is 0 Å². The lowest BCUT2D eigenvalue weighted by Gasteiger charge is -2.16. The average Bonchev–Trinajstić information content (AvgIpc) is 2.52. The molecule has 0 aromatic rings. The minimum absolute atomic E-state index is 0.295. The van der Waals surface area contributed by atoms with Gasteiger partial charge < -0.3 is 0 Å². The minimum atomic E-state index is -0.670. The van der Waals surface area contributed by atoms with Crippen LogP contribution in [0.5, 0.6) is 0 Å². The van der Waals surface area contributed by atoms with Crippen LogP contribution in [0, 0.1) is 0 Å². The number of allylic oxidation sites excluding steroid dienone is 4. The van der Waals surface area contributed by atoms with Gasteiger partial charge in [-0.25, -0.2) is 14.5 Å². The van der Waals surface area contributed by atoms with E-state index in [0.717, 1.165) is 0 Å². The molecule has 2 aliphatic rings. The van der Waals surface area contributed by atoms with Crippen molar-refractivity contribution in [1.29, 1.82) is 0 Å². The molecule has 0 amide bonds. The van der Waals surface area contributed by atoms with Gasteiger partial charge in [0.15, 0.2) is 0 Å². The molecule has 0 aromatic carbocycles. The van der Waals surface area contributed by atoms with Crippen molar-refractivity contribution in [2.75, 3.05) is 0 Å². The summed E-state index contributed by atoms with van der Waals surface area (Å²) in [5.74, 6) is 3.49. The maximum atomic E-state index is 10.6. The third-order valence-corrected chi connectivity index (χ3v) is 2.56. The molecule has 0 spiro atoms. The van der Waals surface area contributed by atoms with Gasteiger partial charge in [0.2, 0.25) is 0 Å². The standard InChI is InChI=1S/C14H11NO5/c16-9-11-5-1-3-7-13(11)18-15-20-19-14-8-4-2-6-12(14)10-17/h1-8,13-15H. The zero-order chi connectivity index (χ0) is 14.2. The first-order chi connectivity index (χ1) is 9.85. The Balaban J connectivity index is 1.77. The quantitative estimate of drug-likeness (QED) is 0.347. The predicted octanol–water partition coefficient (Wildman–Crippen LogP) is 0.876. The maximum Gasteiger partial charge on any atom is 0.149 e. The van der Waals surface area contributed by atoms with Gasteiger partial charge in [-0.1, -0.05) is 24.3 Å². The third kappa shape index (κ3) is 3.60. The Hall–Kier alpha value is -2.30. The Morgan fingerprint density at radius 3 is 2.15 bits per heavy atom. The molecule has 2 atom stereocenters. The normalized spacial score (nSPS) is 23.8. The van der Waals surface area contributed by atoms with Gasteiger partial charge in [-0.3, -0.25) is 4.84 Å². The van der Waals surface area contributed by atoms with Crippen molar-refractivity contribution < 1.29 is 24.3 Å². The molecule has 0 aliphatic heterocycles. The monoisotopic (exact) mass is 273 g/mol. The minimum Gasteiger partial charge on any atom is -0.261 e. The smallest absolute Gasteiger partial charge is 0.149 e. The van der Waals surface area contributed by atoms with Crippen LogP contribution < -0.4 is 5.64 Å². The van der Waals surface area contributed by atoms with E-state index in [1.54, 1.807) is 60.5 Å².